The van der Waals surface area contributed by atoms with Crippen molar-refractivity contribution in [2.45, 2.75) is 38.6 Å². The Morgan fingerprint density at radius 1 is 1.11 bits per heavy atom. The fraction of sp³-hybridized carbons (Fsp3) is 0.593. The summed E-state index contributed by atoms with van der Waals surface area (Å²) < 4.78 is 13.1. The molecule has 3 aliphatic rings. The van der Waals surface area contributed by atoms with Crippen LogP contribution in [-0.2, 0) is 11.8 Å². The molecule has 8 nitrogen and oxygen atoms in total. The Hall–Kier alpha value is -2.71. The quantitative estimate of drug-likeness (QED) is 0.578. The molecule has 0 radical (unpaired) electrons. The van der Waals surface area contributed by atoms with Crippen molar-refractivity contribution in [1.29, 1.82) is 0 Å². The molecule has 1 N–H and O–H groups in total. The predicted molar refractivity (Wildman–Crippen MR) is 137 cm³/mol. The minimum atomic E-state index is 0.428. The van der Waals surface area contributed by atoms with Gasteiger partial charge in [0.05, 0.1) is 18.3 Å². The second-order valence-electron chi connectivity index (χ2n) is 10.7. The highest BCUT2D eigenvalue weighted by atomic mass is 16.5. The fourth-order valence-corrected chi connectivity index (χ4v) is 6.54. The van der Waals surface area contributed by atoms with Crippen molar-refractivity contribution >= 4 is 16.7 Å². The van der Waals surface area contributed by atoms with Gasteiger partial charge < -0.3 is 19.7 Å². The number of nitrogens with one attached hydrogen (secondary N) is 1. The van der Waals surface area contributed by atoms with E-state index in [1.165, 1.54) is 45.3 Å². The van der Waals surface area contributed by atoms with E-state index in [0.717, 1.165) is 70.3 Å². The van der Waals surface area contributed by atoms with E-state index in [-0.39, 0.29) is 0 Å². The number of anilines is 1. The highest BCUT2D eigenvalue weighted by Crippen LogP contribution is 2.41. The molecule has 4 heterocycles. The van der Waals surface area contributed by atoms with E-state index in [0.29, 0.717) is 6.04 Å². The van der Waals surface area contributed by atoms with Crippen molar-refractivity contribution < 1.29 is 9.47 Å². The van der Waals surface area contributed by atoms with Gasteiger partial charge in [-0.25, -0.2) is 0 Å². The molecule has 0 spiro atoms. The highest BCUT2D eigenvalue weighted by Gasteiger charge is 2.41. The first-order chi connectivity index (χ1) is 17.1. The highest BCUT2D eigenvalue weighted by molar-refractivity contribution is 5.88. The molecule has 3 atom stereocenters. The van der Waals surface area contributed by atoms with Crippen LogP contribution in [0.5, 0.6) is 5.75 Å². The van der Waals surface area contributed by atoms with Crippen molar-refractivity contribution in [1.82, 2.24) is 24.9 Å². The first-order valence-corrected chi connectivity index (χ1v) is 13.0. The van der Waals surface area contributed by atoms with E-state index in [4.69, 9.17) is 9.47 Å². The summed E-state index contributed by atoms with van der Waals surface area (Å²) in [6, 6.07) is 6.55. The first kappa shape index (κ1) is 22.7. The number of methoxy groups -OCH3 is 1. The fourth-order valence-electron chi connectivity index (χ4n) is 6.54. The van der Waals surface area contributed by atoms with Gasteiger partial charge in [0.25, 0.3) is 0 Å². The number of benzene rings is 1. The zero-order valence-electron chi connectivity index (χ0n) is 21.0. The number of hydrogen-bond donors (Lipinski definition) is 1. The molecule has 6 rings (SSSR count). The number of fused-ring (bicyclic) bond motifs is 2. The molecule has 2 aliphatic heterocycles. The lowest BCUT2D eigenvalue weighted by Crippen LogP contribution is -2.32. The van der Waals surface area contributed by atoms with Gasteiger partial charge in [-0.1, -0.05) is 6.07 Å². The lowest BCUT2D eigenvalue weighted by molar-refractivity contribution is 0.0545. The molecule has 2 aromatic heterocycles. The Bertz CT molecular complexity index is 1190. The number of likely N-dealkylation sites (tertiary alicyclic amines) is 1. The largest absolute Gasteiger partial charge is 0.493 e. The number of aromatic nitrogens is 4. The van der Waals surface area contributed by atoms with Gasteiger partial charge in [0, 0.05) is 69.2 Å². The monoisotopic (exact) mass is 476 g/mol. The van der Waals surface area contributed by atoms with E-state index in [9.17, 15) is 0 Å². The summed E-state index contributed by atoms with van der Waals surface area (Å²) in [5.74, 6) is 3.87. The van der Waals surface area contributed by atoms with Crippen molar-refractivity contribution in [3.8, 4) is 17.0 Å². The molecule has 0 bridgehead atoms. The van der Waals surface area contributed by atoms with Gasteiger partial charge in [-0.15, -0.1) is 10.2 Å². The van der Waals surface area contributed by atoms with Gasteiger partial charge in [0.1, 0.15) is 0 Å². The Balaban J connectivity index is 1.12. The van der Waals surface area contributed by atoms with E-state index < -0.39 is 0 Å². The van der Waals surface area contributed by atoms with Crippen molar-refractivity contribution in [3.05, 3.63) is 30.0 Å². The van der Waals surface area contributed by atoms with Crippen LogP contribution in [0.25, 0.3) is 22.2 Å². The Labute approximate surface area is 207 Å². The Morgan fingerprint density at radius 2 is 1.89 bits per heavy atom. The standard InChI is InChI=1S/C27H36N6O2/c1-17-22(4-5-24-23(17)16-32(2)31-24)25-12-26(34-3)27(30-29-25)28-21-10-19-14-33(15-20(19)11-21)13-18-6-8-35-9-7-18/h4-5,12,16,18-21H,6-11,13-15H2,1-3H3,(H,28,30)/t19-,20?,21+/m1/s1. The number of rotatable bonds is 6. The normalized spacial score (nSPS) is 25.3. The maximum absolute atomic E-state index is 5.74. The number of aryl methyl sites for hydroxylation is 2. The molecule has 2 saturated heterocycles. The molecule has 1 unspecified atom stereocenters. The molecule has 186 valence electrons. The molecule has 0 amide bonds. The van der Waals surface area contributed by atoms with Gasteiger partial charge in [0.2, 0.25) is 0 Å². The molecular formula is C27H36N6O2. The summed E-state index contributed by atoms with van der Waals surface area (Å²) >= 11 is 0. The van der Waals surface area contributed by atoms with Crippen LogP contribution in [0.4, 0.5) is 5.82 Å². The summed E-state index contributed by atoms with van der Waals surface area (Å²) in [7, 11) is 3.66. The van der Waals surface area contributed by atoms with Crippen LogP contribution < -0.4 is 10.1 Å². The molecule has 1 saturated carbocycles. The SMILES string of the molecule is COc1cc(-c2ccc3nn(C)cc3c2C)nnc1N[C@@H]1CC2CN(CC3CCOCC3)C[C@H]2C1. The van der Waals surface area contributed by atoms with Crippen LogP contribution in [0.3, 0.4) is 0 Å². The third kappa shape index (κ3) is 4.49. The van der Waals surface area contributed by atoms with Crippen LogP contribution >= 0.6 is 0 Å². The summed E-state index contributed by atoms with van der Waals surface area (Å²) in [6.07, 6.45) is 6.88. The van der Waals surface area contributed by atoms with Crippen LogP contribution in [0.15, 0.2) is 24.4 Å². The molecule has 1 aromatic carbocycles. The summed E-state index contributed by atoms with van der Waals surface area (Å²) in [4.78, 5) is 2.71. The van der Waals surface area contributed by atoms with Crippen molar-refractivity contribution in [2.75, 3.05) is 45.3 Å². The average molecular weight is 477 g/mol. The van der Waals surface area contributed by atoms with E-state index in [2.05, 4.69) is 44.7 Å². The van der Waals surface area contributed by atoms with Gasteiger partial charge in [-0.2, -0.15) is 5.10 Å². The van der Waals surface area contributed by atoms with E-state index in [1.54, 1.807) is 7.11 Å². The van der Waals surface area contributed by atoms with Gasteiger partial charge in [-0.3, -0.25) is 4.68 Å². The molecule has 8 heteroatoms. The van der Waals surface area contributed by atoms with Crippen LogP contribution in [-0.4, -0.2) is 70.9 Å². The first-order valence-electron chi connectivity index (χ1n) is 13.0. The number of ether oxygens (including phenoxy) is 2. The number of nitrogens with zero attached hydrogens (tertiary/aromatic N) is 5. The van der Waals surface area contributed by atoms with Crippen LogP contribution in [0, 0.1) is 24.7 Å². The maximum atomic E-state index is 5.74. The third-order valence-electron chi connectivity index (χ3n) is 8.35. The molecule has 1 aliphatic carbocycles. The van der Waals surface area contributed by atoms with E-state index >= 15 is 0 Å². The van der Waals surface area contributed by atoms with Crippen LogP contribution in [0.2, 0.25) is 0 Å². The smallest absolute Gasteiger partial charge is 0.191 e. The third-order valence-corrected chi connectivity index (χ3v) is 8.35. The lowest BCUT2D eigenvalue weighted by atomic mass is 10.00. The zero-order chi connectivity index (χ0) is 23.9. The Morgan fingerprint density at radius 3 is 2.63 bits per heavy atom. The molecule has 35 heavy (non-hydrogen) atoms. The van der Waals surface area contributed by atoms with Crippen molar-refractivity contribution in [2.24, 2.45) is 24.8 Å². The maximum Gasteiger partial charge on any atom is 0.191 e. The minimum Gasteiger partial charge on any atom is -0.493 e. The summed E-state index contributed by atoms with van der Waals surface area (Å²) in [5, 5.41) is 18.5. The molecular weight excluding hydrogens is 440 g/mol. The second kappa shape index (κ2) is 9.39. The predicted octanol–water partition coefficient (Wildman–Crippen LogP) is 3.90. The van der Waals surface area contributed by atoms with Gasteiger partial charge >= 0.3 is 0 Å². The molecule has 3 fully saturated rings. The zero-order valence-corrected chi connectivity index (χ0v) is 21.0. The topological polar surface area (TPSA) is 77.3 Å². The van der Waals surface area contributed by atoms with Crippen LogP contribution in [0.1, 0.15) is 31.2 Å². The minimum absolute atomic E-state index is 0.428. The average Bonchev–Trinajstić information content (AvgIpc) is 3.53. The van der Waals surface area contributed by atoms with Gasteiger partial charge in [0.15, 0.2) is 11.6 Å². The Kier molecular flexibility index (Phi) is 6.10. The number of hydrogen-bond acceptors (Lipinski definition) is 7. The second-order valence-corrected chi connectivity index (χ2v) is 10.7. The summed E-state index contributed by atoms with van der Waals surface area (Å²) in [5.41, 5.74) is 4.03. The lowest BCUT2D eigenvalue weighted by Gasteiger charge is -2.27. The van der Waals surface area contributed by atoms with Crippen molar-refractivity contribution in [3.63, 3.8) is 0 Å². The van der Waals surface area contributed by atoms with E-state index in [1.807, 2.05) is 23.9 Å². The summed E-state index contributed by atoms with van der Waals surface area (Å²) in [6.45, 7) is 7.71. The molecule has 3 aromatic rings. The van der Waals surface area contributed by atoms with Gasteiger partial charge in [-0.05, 0) is 62.0 Å².